The summed E-state index contributed by atoms with van der Waals surface area (Å²) >= 11 is 0. The lowest BCUT2D eigenvalue weighted by Crippen LogP contribution is -1.95. The van der Waals surface area contributed by atoms with Crippen LogP contribution in [0.1, 0.15) is 0 Å². The van der Waals surface area contributed by atoms with Crippen molar-refractivity contribution >= 4 is 10.8 Å². The van der Waals surface area contributed by atoms with Gasteiger partial charge in [0.25, 0.3) is 0 Å². The van der Waals surface area contributed by atoms with Crippen LogP contribution in [0.25, 0.3) is 11.3 Å². The van der Waals surface area contributed by atoms with Gasteiger partial charge in [0.1, 0.15) is 5.76 Å². The third-order valence-corrected chi connectivity index (χ3v) is 3.11. The van der Waals surface area contributed by atoms with E-state index in [1.54, 1.807) is 30.5 Å². The largest absolute Gasteiger partial charge is 0.464 e. The van der Waals surface area contributed by atoms with Gasteiger partial charge in [-0.2, -0.15) is 0 Å². The quantitative estimate of drug-likeness (QED) is 0.799. The van der Waals surface area contributed by atoms with Crippen molar-refractivity contribution in [1.29, 1.82) is 0 Å². The molecule has 1 heterocycles. The molecule has 0 aliphatic carbocycles. The Kier molecular flexibility index (Phi) is 3.01. The van der Waals surface area contributed by atoms with Crippen molar-refractivity contribution in [2.24, 2.45) is 0 Å². The molecule has 16 heavy (non-hydrogen) atoms. The maximum Gasteiger partial charge on any atom is 0.185 e. The highest BCUT2D eigenvalue weighted by Crippen LogP contribution is 2.18. The summed E-state index contributed by atoms with van der Waals surface area (Å²) in [5.41, 5.74) is 0.705. The Hall–Kier alpha value is -1.68. The molecule has 1 unspecified atom stereocenters. The van der Waals surface area contributed by atoms with Crippen molar-refractivity contribution in [2.75, 3.05) is 6.26 Å². The molecule has 0 saturated heterocycles. The van der Waals surface area contributed by atoms with E-state index in [9.17, 15) is 9.00 Å². The van der Waals surface area contributed by atoms with Crippen molar-refractivity contribution in [1.82, 2.24) is 0 Å². The minimum atomic E-state index is -0.990. The van der Waals surface area contributed by atoms with E-state index in [0.717, 1.165) is 10.5 Å². The standard InChI is InChI=1S/C12H10O3S/c1-16(14)11-4-2-9(3-5-11)12-8-10(13)6-7-15-12/h2-8H,1H3. The van der Waals surface area contributed by atoms with Gasteiger partial charge >= 0.3 is 0 Å². The van der Waals surface area contributed by atoms with Gasteiger partial charge in [-0.25, -0.2) is 0 Å². The summed E-state index contributed by atoms with van der Waals surface area (Å²) in [6, 6.07) is 9.89. The Balaban J connectivity index is 2.42. The number of hydrogen-bond acceptors (Lipinski definition) is 3. The minimum absolute atomic E-state index is 0.0932. The van der Waals surface area contributed by atoms with Crippen molar-refractivity contribution in [3.05, 3.63) is 52.9 Å². The summed E-state index contributed by atoms with van der Waals surface area (Å²) in [6.07, 6.45) is 2.99. The predicted molar refractivity (Wildman–Crippen MR) is 62.7 cm³/mol. The summed E-state index contributed by atoms with van der Waals surface area (Å²) in [6.45, 7) is 0. The SMILES string of the molecule is CS(=O)c1ccc(-c2cc(=O)cco2)cc1. The van der Waals surface area contributed by atoms with Gasteiger partial charge in [0.05, 0.1) is 6.26 Å². The lowest BCUT2D eigenvalue weighted by Gasteiger charge is -2.00. The summed E-state index contributed by atoms with van der Waals surface area (Å²) in [4.78, 5) is 11.9. The van der Waals surface area contributed by atoms with Crippen LogP contribution in [0.5, 0.6) is 0 Å². The maximum absolute atomic E-state index is 11.2. The van der Waals surface area contributed by atoms with Crippen LogP contribution >= 0.6 is 0 Å². The van der Waals surface area contributed by atoms with E-state index < -0.39 is 10.8 Å². The molecule has 4 heteroatoms. The average molecular weight is 234 g/mol. The van der Waals surface area contributed by atoms with Crippen LogP contribution in [0.2, 0.25) is 0 Å². The molecule has 0 fully saturated rings. The van der Waals surface area contributed by atoms with E-state index >= 15 is 0 Å². The predicted octanol–water partition coefficient (Wildman–Crippen LogP) is 2.04. The molecule has 2 rings (SSSR count). The first-order chi connectivity index (χ1) is 7.66. The molecule has 1 aromatic carbocycles. The first-order valence-corrected chi connectivity index (χ1v) is 6.25. The van der Waals surface area contributed by atoms with E-state index in [1.807, 2.05) is 0 Å². The van der Waals surface area contributed by atoms with Crippen molar-refractivity contribution in [3.8, 4) is 11.3 Å². The molecule has 0 bridgehead atoms. The molecule has 0 radical (unpaired) electrons. The fourth-order valence-corrected chi connectivity index (χ4v) is 1.87. The second kappa shape index (κ2) is 4.45. The summed E-state index contributed by atoms with van der Waals surface area (Å²) in [5, 5.41) is 0. The van der Waals surface area contributed by atoms with Gasteiger partial charge in [-0.15, -0.1) is 0 Å². The van der Waals surface area contributed by atoms with Gasteiger partial charge in [-0.05, 0) is 12.1 Å². The molecule has 3 nitrogen and oxygen atoms in total. The monoisotopic (exact) mass is 234 g/mol. The molecule has 82 valence electrons. The van der Waals surface area contributed by atoms with Crippen molar-refractivity contribution in [3.63, 3.8) is 0 Å². The maximum atomic E-state index is 11.2. The van der Waals surface area contributed by atoms with Crippen LogP contribution in [0, 0.1) is 0 Å². The molecular formula is C12H10O3S. The number of benzene rings is 1. The van der Waals surface area contributed by atoms with Crippen molar-refractivity contribution < 1.29 is 8.63 Å². The Morgan fingerprint density at radius 2 is 1.81 bits per heavy atom. The van der Waals surface area contributed by atoms with Gasteiger partial charge in [0.15, 0.2) is 5.43 Å². The fourth-order valence-electron chi connectivity index (χ4n) is 1.35. The molecule has 2 aromatic rings. The van der Waals surface area contributed by atoms with Crippen LogP contribution in [0.15, 0.2) is 56.8 Å². The lowest BCUT2D eigenvalue weighted by atomic mass is 10.1. The number of hydrogen-bond donors (Lipinski definition) is 0. The molecule has 0 N–H and O–H groups in total. The molecule has 1 aromatic heterocycles. The topological polar surface area (TPSA) is 47.3 Å². The molecule has 0 aliphatic heterocycles. The molecular weight excluding hydrogens is 224 g/mol. The highest BCUT2D eigenvalue weighted by Gasteiger charge is 2.02. The third kappa shape index (κ3) is 2.28. The zero-order chi connectivity index (χ0) is 11.5. The highest BCUT2D eigenvalue weighted by atomic mass is 32.2. The third-order valence-electron chi connectivity index (χ3n) is 2.17. The smallest absolute Gasteiger partial charge is 0.185 e. The van der Waals surface area contributed by atoms with Crippen LogP contribution in [0.3, 0.4) is 0 Å². The first-order valence-electron chi connectivity index (χ1n) is 4.69. The second-order valence-electron chi connectivity index (χ2n) is 3.31. The molecule has 0 amide bonds. The molecule has 0 spiro atoms. The van der Waals surface area contributed by atoms with Gasteiger partial charge in [-0.1, -0.05) is 12.1 Å². The Bertz CT molecular complexity index is 569. The van der Waals surface area contributed by atoms with Gasteiger partial charge in [-0.3, -0.25) is 9.00 Å². The molecule has 0 saturated carbocycles. The normalized spacial score (nSPS) is 12.3. The van der Waals surface area contributed by atoms with Crippen LogP contribution in [0.4, 0.5) is 0 Å². The van der Waals surface area contributed by atoms with E-state index in [4.69, 9.17) is 4.42 Å². The van der Waals surface area contributed by atoms with Crippen LogP contribution < -0.4 is 5.43 Å². The minimum Gasteiger partial charge on any atom is -0.464 e. The molecule has 1 atom stereocenters. The van der Waals surface area contributed by atoms with E-state index in [2.05, 4.69) is 0 Å². The van der Waals surface area contributed by atoms with E-state index in [-0.39, 0.29) is 5.43 Å². The lowest BCUT2D eigenvalue weighted by molar-refractivity contribution is 0.564. The highest BCUT2D eigenvalue weighted by molar-refractivity contribution is 7.84. The fraction of sp³-hybridized carbons (Fsp3) is 0.0833. The summed E-state index contributed by atoms with van der Waals surface area (Å²) in [7, 11) is -0.990. The Morgan fingerprint density at radius 3 is 2.38 bits per heavy atom. The van der Waals surface area contributed by atoms with Crippen molar-refractivity contribution in [2.45, 2.75) is 4.90 Å². The van der Waals surface area contributed by atoms with Gasteiger partial charge < -0.3 is 4.42 Å². The summed E-state index contributed by atoms with van der Waals surface area (Å²) in [5.74, 6) is 0.515. The van der Waals surface area contributed by atoms with Gasteiger partial charge in [0, 0.05) is 39.6 Å². The van der Waals surface area contributed by atoms with E-state index in [1.165, 1.54) is 18.4 Å². The second-order valence-corrected chi connectivity index (χ2v) is 4.69. The average Bonchev–Trinajstić information content (AvgIpc) is 2.29. The Morgan fingerprint density at radius 1 is 1.12 bits per heavy atom. The zero-order valence-corrected chi connectivity index (χ0v) is 9.49. The number of rotatable bonds is 2. The molecule has 0 aliphatic rings. The van der Waals surface area contributed by atoms with Crippen LogP contribution in [-0.2, 0) is 10.8 Å². The first kappa shape index (κ1) is 10.8. The van der Waals surface area contributed by atoms with E-state index in [0.29, 0.717) is 5.76 Å². The summed E-state index contributed by atoms with van der Waals surface area (Å²) < 4.78 is 16.4. The Labute approximate surface area is 95.2 Å². The van der Waals surface area contributed by atoms with Crippen LogP contribution in [-0.4, -0.2) is 10.5 Å². The zero-order valence-electron chi connectivity index (χ0n) is 8.67. The van der Waals surface area contributed by atoms with Gasteiger partial charge in [0.2, 0.25) is 0 Å².